The standard InChI is InChI=1S/C25H43N5O3/c1-14-8-9-17(27-24(32)29-25-28-20-6-4-5-7-22(20)33-25)12-18(14)19-11-16-13-26-15(2)10-21(16)30(3)23(19)31/h14-22,25-26,28H,4-13H2,1-3H3,(H2,27,29,32). The van der Waals surface area contributed by atoms with E-state index in [9.17, 15) is 9.59 Å². The number of carbonyl (C=O) groups excluding carboxylic acids is 2. The van der Waals surface area contributed by atoms with E-state index < -0.39 is 6.35 Å². The number of amides is 3. The molecule has 33 heavy (non-hydrogen) atoms. The minimum Gasteiger partial charge on any atom is -0.342 e. The van der Waals surface area contributed by atoms with Crippen LogP contribution in [0.25, 0.3) is 0 Å². The van der Waals surface area contributed by atoms with E-state index >= 15 is 0 Å². The summed E-state index contributed by atoms with van der Waals surface area (Å²) in [6.45, 7) is 5.51. The zero-order valence-corrected chi connectivity index (χ0v) is 20.5. The molecular formula is C25H43N5O3. The second-order valence-electron chi connectivity index (χ2n) is 11.5. The Bertz CT molecular complexity index is 721. The van der Waals surface area contributed by atoms with Gasteiger partial charge in [0.1, 0.15) is 0 Å². The van der Waals surface area contributed by atoms with Crippen LogP contribution in [-0.2, 0) is 9.53 Å². The summed E-state index contributed by atoms with van der Waals surface area (Å²) in [5.41, 5.74) is 0. The number of piperidine rings is 2. The van der Waals surface area contributed by atoms with Crippen LogP contribution >= 0.6 is 0 Å². The van der Waals surface area contributed by atoms with Crippen molar-refractivity contribution in [2.24, 2.45) is 23.7 Å². The fourth-order valence-electron chi connectivity index (χ4n) is 7.38. The number of ether oxygens (including phenoxy) is 1. The molecule has 0 aromatic rings. The van der Waals surface area contributed by atoms with E-state index in [2.05, 4.69) is 40.0 Å². The van der Waals surface area contributed by atoms with Crippen LogP contribution in [0.3, 0.4) is 0 Å². The quantitative estimate of drug-likeness (QED) is 0.517. The molecule has 0 bridgehead atoms. The molecule has 5 rings (SSSR count). The molecule has 0 spiro atoms. The Morgan fingerprint density at radius 1 is 1.06 bits per heavy atom. The summed E-state index contributed by atoms with van der Waals surface area (Å²) in [6, 6.07) is 1.14. The van der Waals surface area contributed by atoms with Crippen LogP contribution in [0.2, 0.25) is 0 Å². The first-order valence-corrected chi connectivity index (χ1v) is 13.4. The number of nitrogens with zero attached hydrogens (tertiary/aromatic N) is 1. The molecule has 4 N–H and O–H groups in total. The maximum atomic E-state index is 13.4. The van der Waals surface area contributed by atoms with Gasteiger partial charge >= 0.3 is 6.03 Å². The first-order valence-electron chi connectivity index (χ1n) is 13.4. The molecule has 8 nitrogen and oxygen atoms in total. The summed E-state index contributed by atoms with van der Waals surface area (Å²) in [4.78, 5) is 28.2. The van der Waals surface area contributed by atoms with Gasteiger partial charge in [-0.2, -0.15) is 0 Å². The van der Waals surface area contributed by atoms with Crippen molar-refractivity contribution in [3.8, 4) is 0 Å². The Labute approximate surface area is 198 Å². The third-order valence-electron chi connectivity index (χ3n) is 9.34. The van der Waals surface area contributed by atoms with Gasteiger partial charge < -0.3 is 20.3 Å². The van der Waals surface area contributed by atoms with Gasteiger partial charge in [0.05, 0.1) is 6.10 Å². The van der Waals surface area contributed by atoms with Crippen LogP contribution in [0.4, 0.5) is 4.79 Å². The van der Waals surface area contributed by atoms with Crippen molar-refractivity contribution in [1.29, 1.82) is 0 Å². The summed E-state index contributed by atoms with van der Waals surface area (Å²) in [6.07, 6.45) is 9.36. The van der Waals surface area contributed by atoms with E-state index in [4.69, 9.17) is 4.74 Å². The SMILES string of the molecule is CC1CC2C(CN1)CC(C1CC(NC(=O)NC3NC4CCCCC4O3)CCC1C)C(=O)N2C. The fourth-order valence-corrected chi connectivity index (χ4v) is 7.38. The van der Waals surface area contributed by atoms with Crippen molar-refractivity contribution in [2.45, 2.75) is 108 Å². The number of hydrogen-bond donors (Lipinski definition) is 4. The van der Waals surface area contributed by atoms with Crippen molar-refractivity contribution in [1.82, 2.24) is 26.2 Å². The van der Waals surface area contributed by atoms with Crippen LogP contribution < -0.4 is 21.3 Å². The van der Waals surface area contributed by atoms with E-state index in [0.717, 1.165) is 51.5 Å². The lowest BCUT2D eigenvalue weighted by molar-refractivity contribution is -0.148. The van der Waals surface area contributed by atoms with Gasteiger partial charge in [0.25, 0.3) is 0 Å². The Balaban J connectivity index is 1.16. The zero-order chi connectivity index (χ0) is 23.1. The molecule has 10 unspecified atom stereocenters. The number of rotatable bonds is 3. The van der Waals surface area contributed by atoms with Crippen LogP contribution in [0.15, 0.2) is 0 Å². The number of urea groups is 1. The van der Waals surface area contributed by atoms with Gasteiger partial charge in [-0.15, -0.1) is 0 Å². The average molecular weight is 462 g/mol. The van der Waals surface area contributed by atoms with E-state index in [1.165, 1.54) is 12.8 Å². The van der Waals surface area contributed by atoms with E-state index in [1.54, 1.807) is 0 Å². The van der Waals surface area contributed by atoms with Crippen LogP contribution in [0.5, 0.6) is 0 Å². The van der Waals surface area contributed by atoms with Gasteiger partial charge in [0.15, 0.2) is 6.35 Å². The smallest absolute Gasteiger partial charge is 0.318 e. The molecule has 10 atom stereocenters. The van der Waals surface area contributed by atoms with Crippen LogP contribution in [0, 0.1) is 23.7 Å². The Kier molecular flexibility index (Phi) is 6.87. The van der Waals surface area contributed by atoms with Crippen molar-refractivity contribution in [3.05, 3.63) is 0 Å². The minimum atomic E-state index is -0.400. The third kappa shape index (κ3) is 4.89. The molecule has 3 amide bonds. The molecule has 0 aromatic heterocycles. The van der Waals surface area contributed by atoms with E-state index in [0.29, 0.717) is 41.8 Å². The zero-order valence-electron chi connectivity index (χ0n) is 20.5. The summed E-state index contributed by atoms with van der Waals surface area (Å²) >= 11 is 0. The van der Waals surface area contributed by atoms with Crippen molar-refractivity contribution in [3.63, 3.8) is 0 Å². The predicted octanol–water partition coefficient (Wildman–Crippen LogP) is 2.15. The molecule has 5 fully saturated rings. The van der Waals surface area contributed by atoms with Gasteiger partial charge in [-0.25, -0.2) is 4.79 Å². The predicted molar refractivity (Wildman–Crippen MR) is 126 cm³/mol. The molecule has 0 aromatic carbocycles. The molecule has 8 heteroatoms. The second kappa shape index (κ2) is 9.70. The van der Waals surface area contributed by atoms with Gasteiger partial charge in [0.2, 0.25) is 5.91 Å². The lowest BCUT2D eigenvalue weighted by Gasteiger charge is -2.50. The first kappa shape index (κ1) is 23.4. The maximum Gasteiger partial charge on any atom is 0.318 e. The molecule has 3 aliphatic heterocycles. The first-order chi connectivity index (χ1) is 15.9. The van der Waals surface area contributed by atoms with E-state index in [-0.39, 0.29) is 24.1 Å². The molecule has 186 valence electrons. The van der Waals surface area contributed by atoms with Crippen molar-refractivity contribution in [2.75, 3.05) is 13.6 Å². The molecule has 3 saturated heterocycles. The number of carbonyl (C=O) groups is 2. The normalized spacial score (nSPS) is 45.8. The fraction of sp³-hybridized carbons (Fsp3) is 0.920. The molecular weight excluding hydrogens is 418 g/mol. The Hall–Kier alpha value is -1.38. The van der Waals surface area contributed by atoms with E-state index in [1.807, 2.05) is 7.05 Å². The summed E-state index contributed by atoms with van der Waals surface area (Å²) in [7, 11) is 2.01. The topological polar surface area (TPSA) is 94.7 Å². The number of fused-ring (bicyclic) bond motifs is 2. The number of likely N-dealkylation sites (tertiary alicyclic amines) is 1. The highest BCUT2D eigenvalue weighted by atomic mass is 16.5. The van der Waals surface area contributed by atoms with Gasteiger partial charge in [-0.1, -0.05) is 19.8 Å². The molecule has 3 heterocycles. The van der Waals surface area contributed by atoms with Crippen molar-refractivity contribution >= 4 is 11.9 Å². The van der Waals surface area contributed by atoms with Gasteiger partial charge in [-0.05, 0) is 69.6 Å². The molecule has 2 aliphatic carbocycles. The highest BCUT2D eigenvalue weighted by molar-refractivity contribution is 5.80. The molecule has 0 radical (unpaired) electrons. The largest absolute Gasteiger partial charge is 0.342 e. The highest BCUT2D eigenvalue weighted by Gasteiger charge is 2.47. The molecule has 2 saturated carbocycles. The van der Waals surface area contributed by atoms with Gasteiger partial charge in [0, 0.05) is 43.7 Å². The summed E-state index contributed by atoms with van der Waals surface area (Å²) in [5.74, 6) is 1.74. The minimum absolute atomic E-state index is 0.0667. The highest BCUT2D eigenvalue weighted by Crippen LogP contribution is 2.43. The number of nitrogens with one attached hydrogen (secondary N) is 4. The lowest BCUT2D eigenvalue weighted by Crippen LogP contribution is -2.60. The third-order valence-corrected chi connectivity index (χ3v) is 9.34. The number of hydrogen-bond acceptors (Lipinski definition) is 5. The summed E-state index contributed by atoms with van der Waals surface area (Å²) in [5, 5.41) is 13.2. The Morgan fingerprint density at radius 2 is 1.88 bits per heavy atom. The van der Waals surface area contributed by atoms with Crippen LogP contribution in [-0.4, -0.2) is 67.1 Å². The lowest BCUT2D eigenvalue weighted by atomic mass is 9.65. The Morgan fingerprint density at radius 3 is 2.70 bits per heavy atom. The maximum absolute atomic E-state index is 13.4. The van der Waals surface area contributed by atoms with Crippen LogP contribution in [0.1, 0.15) is 71.6 Å². The second-order valence-corrected chi connectivity index (χ2v) is 11.5. The molecule has 5 aliphatic rings. The summed E-state index contributed by atoms with van der Waals surface area (Å²) < 4.78 is 6.00. The van der Waals surface area contributed by atoms with Crippen molar-refractivity contribution < 1.29 is 14.3 Å². The van der Waals surface area contributed by atoms with Gasteiger partial charge in [-0.3, -0.25) is 15.4 Å². The monoisotopic (exact) mass is 461 g/mol. The average Bonchev–Trinajstić information content (AvgIpc) is 3.20.